The van der Waals surface area contributed by atoms with Gasteiger partial charge in [0.2, 0.25) is 0 Å². The number of halogens is 2. The molecule has 8 nitrogen and oxygen atoms in total. The molecule has 1 aromatic heterocycles. The number of hydrogen-bond donors (Lipinski definition) is 1. The molecule has 2 heterocycles. The molecular weight excluding hydrogens is 374 g/mol. The average Bonchev–Trinajstić information content (AvgIpc) is 2.69. The molecule has 1 N–H and O–H groups in total. The number of benzene rings is 1. The van der Waals surface area contributed by atoms with Crippen molar-refractivity contribution in [2.24, 2.45) is 0 Å². The van der Waals surface area contributed by atoms with Crippen molar-refractivity contribution in [1.29, 1.82) is 0 Å². The van der Waals surface area contributed by atoms with E-state index in [2.05, 4.69) is 19.9 Å². The molecule has 1 unspecified atom stereocenters. The van der Waals surface area contributed by atoms with Gasteiger partial charge in [0.05, 0.1) is 18.1 Å². The molecular formula is C18H20F2N4O4. The zero-order valence-electron chi connectivity index (χ0n) is 15.2. The van der Waals surface area contributed by atoms with E-state index in [1.807, 2.05) is 12.1 Å². The molecule has 0 aliphatic carbocycles. The number of hydrogen-bond acceptors (Lipinski definition) is 7. The van der Waals surface area contributed by atoms with Crippen molar-refractivity contribution in [3.8, 4) is 11.5 Å². The number of aromatic nitrogens is 1. The number of nitrogens with zero attached hydrogens (tertiary/aromatic N) is 3. The van der Waals surface area contributed by atoms with Crippen LogP contribution in [0.25, 0.3) is 0 Å². The number of nitrogens with one attached hydrogen (secondary N) is 1. The number of nitro groups is 1. The summed E-state index contributed by atoms with van der Waals surface area (Å²) in [5, 5.41) is 14.8. The van der Waals surface area contributed by atoms with Gasteiger partial charge < -0.3 is 14.8 Å². The van der Waals surface area contributed by atoms with Crippen LogP contribution in [0.15, 0.2) is 36.7 Å². The van der Waals surface area contributed by atoms with E-state index >= 15 is 0 Å². The first-order chi connectivity index (χ1) is 13.5. The van der Waals surface area contributed by atoms with Crippen LogP contribution in [0.5, 0.6) is 11.5 Å². The van der Waals surface area contributed by atoms with Crippen LogP contribution in [0.3, 0.4) is 0 Å². The lowest BCUT2D eigenvalue weighted by molar-refractivity contribution is -0.385. The SMILES string of the molecule is COc1cc(CN2CCNCC2c2cccnc2)c([N+](=O)[O-])cc1OC(F)F. The summed E-state index contributed by atoms with van der Waals surface area (Å²) >= 11 is 0. The lowest BCUT2D eigenvalue weighted by Crippen LogP contribution is -2.45. The van der Waals surface area contributed by atoms with Gasteiger partial charge in [-0.15, -0.1) is 0 Å². The molecule has 2 aromatic rings. The maximum Gasteiger partial charge on any atom is 0.387 e. The third-order valence-electron chi connectivity index (χ3n) is 4.57. The molecule has 1 saturated heterocycles. The van der Waals surface area contributed by atoms with Gasteiger partial charge in [-0.3, -0.25) is 20.0 Å². The lowest BCUT2D eigenvalue weighted by atomic mass is 10.0. The summed E-state index contributed by atoms with van der Waals surface area (Å²) in [5.74, 6) is -0.342. The monoisotopic (exact) mass is 394 g/mol. The minimum absolute atomic E-state index is 0.0222. The molecule has 0 spiro atoms. The van der Waals surface area contributed by atoms with Crippen molar-refractivity contribution in [2.45, 2.75) is 19.2 Å². The smallest absolute Gasteiger partial charge is 0.387 e. The summed E-state index contributed by atoms with van der Waals surface area (Å²) < 4.78 is 34.7. The first-order valence-corrected chi connectivity index (χ1v) is 8.64. The van der Waals surface area contributed by atoms with Crippen LogP contribution in [-0.4, -0.2) is 48.2 Å². The van der Waals surface area contributed by atoms with Gasteiger partial charge >= 0.3 is 6.61 Å². The minimum atomic E-state index is -3.11. The molecule has 1 aliphatic rings. The Bertz CT molecular complexity index is 823. The number of methoxy groups -OCH3 is 1. The van der Waals surface area contributed by atoms with Crippen molar-refractivity contribution in [1.82, 2.24) is 15.2 Å². The van der Waals surface area contributed by atoms with E-state index in [0.29, 0.717) is 18.7 Å². The van der Waals surface area contributed by atoms with Gasteiger partial charge in [-0.25, -0.2) is 0 Å². The first-order valence-electron chi connectivity index (χ1n) is 8.64. The second-order valence-electron chi connectivity index (χ2n) is 6.24. The van der Waals surface area contributed by atoms with Crippen molar-refractivity contribution in [2.75, 3.05) is 26.7 Å². The van der Waals surface area contributed by atoms with Crippen LogP contribution in [0.4, 0.5) is 14.5 Å². The summed E-state index contributed by atoms with van der Waals surface area (Å²) in [5.41, 5.74) is 1.06. The van der Waals surface area contributed by atoms with Crippen LogP contribution in [-0.2, 0) is 6.54 Å². The maximum atomic E-state index is 12.6. The molecule has 1 aliphatic heterocycles. The Kier molecular flexibility index (Phi) is 6.32. The first kappa shape index (κ1) is 19.9. The molecule has 10 heteroatoms. The van der Waals surface area contributed by atoms with E-state index < -0.39 is 11.5 Å². The Morgan fingerprint density at radius 3 is 2.89 bits per heavy atom. The fourth-order valence-corrected chi connectivity index (χ4v) is 3.29. The Morgan fingerprint density at radius 2 is 2.25 bits per heavy atom. The van der Waals surface area contributed by atoms with Gasteiger partial charge in [0.1, 0.15) is 0 Å². The van der Waals surface area contributed by atoms with E-state index in [0.717, 1.165) is 18.2 Å². The minimum Gasteiger partial charge on any atom is -0.493 e. The Labute approximate surface area is 160 Å². The summed E-state index contributed by atoms with van der Waals surface area (Å²) in [4.78, 5) is 17.2. The van der Waals surface area contributed by atoms with E-state index in [1.165, 1.54) is 13.2 Å². The Balaban J connectivity index is 1.94. The summed E-state index contributed by atoms with van der Waals surface area (Å²) in [6.07, 6.45) is 3.45. The molecule has 0 amide bonds. The fourth-order valence-electron chi connectivity index (χ4n) is 3.29. The Hall–Kier alpha value is -2.85. The normalized spacial score (nSPS) is 17.5. The predicted molar refractivity (Wildman–Crippen MR) is 96.5 cm³/mol. The zero-order valence-corrected chi connectivity index (χ0v) is 15.2. The van der Waals surface area contributed by atoms with Crippen LogP contribution in [0, 0.1) is 10.1 Å². The van der Waals surface area contributed by atoms with Crippen LogP contribution < -0.4 is 14.8 Å². The molecule has 3 rings (SSSR count). The molecule has 1 aromatic carbocycles. The molecule has 0 bridgehead atoms. The van der Waals surface area contributed by atoms with Gasteiger partial charge in [0.15, 0.2) is 11.5 Å². The van der Waals surface area contributed by atoms with E-state index in [4.69, 9.17) is 4.74 Å². The number of piperazine rings is 1. The van der Waals surface area contributed by atoms with E-state index in [-0.39, 0.29) is 29.8 Å². The van der Waals surface area contributed by atoms with Crippen LogP contribution in [0.2, 0.25) is 0 Å². The second-order valence-corrected chi connectivity index (χ2v) is 6.24. The molecule has 28 heavy (non-hydrogen) atoms. The molecule has 1 fully saturated rings. The largest absolute Gasteiger partial charge is 0.493 e. The highest BCUT2D eigenvalue weighted by atomic mass is 19.3. The summed E-state index contributed by atoms with van der Waals surface area (Å²) in [6.45, 7) is -0.795. The highest BCUT2D eigenvalue weighted by Gasteiger charge is 2.28. The van der Waals surface area contributed by atoms with Gasteiger partial charge in [0.25, 0.3) is 5.69 Å². The predicted octanol–water partition coefficient (Wildman–Crippen LogP) is 2.75. The molecule has 0 saturated carbocycles. The van der Waals surface area contributed by atoms with Gasteiger partial charge in [-0.1, -0.05) is 6.07 Å². The zero-order chi connectivity index (χ0) is 20.1. The van der Waals surface area contributed by atoms with E-state index in [1.54, 1.807) is 12.4 Å². The molecule has 0 radical (unpaired) electrons. The summed E-state index contributed by atoms with van der Waals surface area (Å²) in [6, 6.07) is 6.14. The van der Waals surface area contributed by atoms with Gasteiger partial charge in [0, 0.05) is 50.2 Å². The van der Waals surface area contributed by atoms with Crippen molar-refractivity contribution in [3.63, 3.8) is 0 Å². The van der Waals surface area contributed by atoms with Gasteiger partial charge in [-0.2, -0.15) is 8.78 Å². The molecule has 1 atom stereocenters. The molecule has 150 valence electrons. The number of alkyl halides is 2. The fraction of sp³-hybridized carbons (Fsp3) is 0.389. The van der Waals surface area contributed by atoms with Crippen molar-refractivity contribution >= 4 is 5.69 Å². The van der Waals surface area contributed by atoms with Crippen molar-refractivity contribution in [3.05, 3.63) is 57.9 Å². The third kappa shape index (κ3) is 4.52. The quantitative estimate of drug-likeness (QED) is 0.570. The average molecular weight is 394 g/mol. The van der Waals surface area contributed by atoms with Crippen LogP contribution in [0.1, 0.15) is 17.2 Å². The van der Waals surface area contributed by atoms with Crippen LogP contribution >= 0.6 is 0 Å². The van der Waals surface area contributed by atoms with Crippen molar-refractivity contribution < 1.29 is 23.2 Å². The number of pyridine rings is 1. The highest BCUT2D eigenvalue weighted by molar-refractivity contribution is 5.54. The highest BCUT2D eigenvalue weighted by Crippen LogP contribution is 2.37. The third-order valence-corrected chi connectivity index (χ3v) is 4.57. The number of nitro benzene ring substituents is 1. The lowest BCUT2D eigenvalue weighted by Gasteiger charge is -2.36. The standard InChI is InChI=1S/C18H20F2N4O4/c1-27-16-7-13(14(24(25)26)8-17(16)28-18(19)20)11-23-6-5-22-10-15(23)12-3-2-4-21-9-12/h2-4,7-9,15,18,22H,5-6,10-11H2,1H3. The Morgan fingerprint density at radius 1 is 1.43 bits per heavy atom. The number of ether oxygens (including phenoxy) is 2. The second kappa shape index (κ2) is 8.89. The number of rotatable bonds is 7. The maximum absolute atomic E-state index is 12.6. The summed E-state index contributed by atoms with van der Waals surface area (Å²) in [7, 11) is 1.30. The van der Waals surface area contributed by atoms with Gasteiger partial charge in [-0.05, 0) is 17.7 Å². The topological polar surface area (TPSA) is 89.8 Å². The van der Waals surface area contributed by atoms with E-state index in [9.17, 15) is 18.9 Å².